The number of methoxy groups -OCH3 is 1. The average Bonchev–Trinajstić information content (AvgIpc) is 2.95. The van der Waals surface area contributed by atoms with Gasteiger partial charge in [-0.25, -0.2) is 0 Å². The highest BCUT2D eigenvalue weighted by molar-refractivity contribution is 6.32. The Bertz CT molecular complexity index is 782. The predicted octanol–water partition coefficient (Wildman–Crippen LogP) is 4.90. The van der Waals surface area contributed by atoms with E-state index in [9.17, 15) is 4.79 Å². The van der Waals surface area contributed by atoms with E-state index in [1.807, 2.05) is 24.0 Å². The van der Waals surface area contributed by atoms with E-state index in [0.717, 1.165) is 37.8 Å². The highest BCUT2D eigenvalue weighted by Crippen LogP contribution is 2.38. The molecule has 0 aliphatic carbocycles. The molecule has 3 rings (SSSR count). The number of amides is 1. The lowest BCUT2D eigenvalue weighted by Crippen LogP contribution is -2.34. The van der Waals surface area contributed by atoms with Gasteiger partial charge in [0, 0.05) is 24.5 Å². The van der Waals surface area contributed by atoms with Crippen molar-refractivity contribution in [3.8, 4) is 11.5 Å². The monoisotopic (exact) mass is 388 g/mol. The van der Waals surface area contributed by atoms with Gasteiger partial charge < -0.3 is 14.4 Å². The molecule has 5 nitrogen and oxygen atoms in total. The molecular formula is C21H25ClN2O3. The molecule has 1 aliphatic rings. The molecule has 0 radical (unpaired) electrons. The molecule has 144 valence electrons. The summed E-state index contributed by atoms with van der Waals surface area (Å²) in [6.07, 6.45) is 7.72. The van der Waals surface area contributed by atoms with Crippen LogP contribution >= 0.6 is 11.6 Å². The first-order chi connectivity index (χ1) is 13.2. The lowest BCUT2D eigenvalue weighted by atomic mass is 10.0. The van der Waals surface area contributed by atoms with Crippen LogP contribution in [0.3, 0.4) is 0 Å². The molecule has 1 aliphatic heterocycles. The number of carbonyl (C=O) groups excluding carboxylic acids is 1. The minimum atomic E-state index is -0.0399. The van der Waals surface area contributed by atoms with Crippen LogP contribution in [0.15, 0.2) is 36.7 Å². The van der Waals surface area contributed by atoms with E-state index >= 15 is 0 Å². The van der Waals surface area contributed by atoms with E-state index in [0.29, 0.717) is 28.7 Å². The number of rotatable bonds is 5. The van der Waals surface area contributed by atoms with Gasteiger partial charge in [0.1, 0.15) is 0 Å². The molecule has 0 bridgehead atoms. The molecule has 1 amide bonds. The lowest BCUT2D eigenvalue weighted by molar-refractivity contribution is 0.0680. The van der Waals surface area contributed by atoms with E-state index in [-0.39, 0.29) is 11.9 Å². The van der Waals surface area contributed by atoms with Crippen molar-refractivity contribution in [1.29, 1.82) is 0 Å². The molecule has 0 saturated carbocycles. The topological polar surface area (TPSA) is 51.7 Å². The lowest BCUT2D eigenvalue weighted by Gasteiger charge is -2.31. The molecule has 0 spiro atoms. The van der Waals surface area contributed by atoms with Crippen molar-refractivity contribution in [2.75, 3.05) is 20.3 Å². The van der Waals surface area contributed by atoms with Crippen LogP contribution in [-0.4, -0.2) is 36.1 Å². The third-order valence-electron chi connectivity index (χ3n) is 4.87. The van der Waals surface area contributed by atoms with Gasteiger partial charge in [0.25, 0.3) is 5.91 Å². The van der Waals surface area contributed by atoms with Crippen LogP contribution in [0, 0.1) is 0 Å². The number of nitrogens with zero attached hydrogens (tertiary/aromatic N) is 2. The summed E-state index contributed by atoms with van der Waals surface area (Å²) in [6.45, 7) is 3.07. The van der Waals surface area contributed by atoms with Crippen molar-refractivity contribution >= 4 is 17.5 Å². The molecular weight excluding hydrogens is 364 g/mol. The quantitative estimate of drug-likeness (QED) is 0.731. The summed E-state index contributed by atoms with van der Waals surface area (Å²) in [5.74, 6) is 0.907. The van der Waals surface area contributed by atoms with E-state index in [4.69, 9.17) is 21.1 Å². The molecule has 27 heavy (non-hydrogen) atoms. The molecule has 0 unspecified atom stereocenters. The van der Waals surface area contributed by atoms with Crippen LogP contribution in [0.25, 0.3) is 0 Å². The smallest absolute Gasteiger partial charge is 0.254 e. The van der Waals surface area contributed by atoms with Gasteiger partial charge in [0.15, 0.2) is 11.5 Å². The number of hydrogen-bond donors (Lipinski definition) is 0. The fraction of sp³-hybridized carbons (Fsp3) is 0.429. The highest BCUT2D eigenvalue weighted by atomic mass is 35.5. The van der Waals surface area contributed by atoms with Crippen molar-refractivity contribution in [2.45, 2.75) is 38.6 Å². The third kappa shape index (κ3) is 4.35. The van der Waals surface area contributed by atoms with E-state index in [1.165, 1.54) is 0 Å². The Kier molecular flexibility index (Phi) is 6.56. The van der Waals surface area contributed by atoms with Crippen molar-refractivity contribution in [3.63, 3.8) is 0 Å². The highest BCUT2D eigenvalue weighted by Gasteiger charge is 2.28. The Balaban J connectivity index is 1.95. The molecule has 1 aromatic heterocycles. The zero-order chi connectivity index (χ0) is 19.2. The Hall–Kier alpha value is -2.27. The first kappa shape index (κ1) is 19.5. The Morgan fingerprint density at radius 2 is 2.04 bits per heavy atom. The van der Waals surface area contributed by atoms with Gasteiger partial charge in [-0.15, -0.1) is 0 Å². The molecule has 0 N–H and O–H groups in total. The third-order valence-corrected chi connectivity index (χ3v) is 5.15. The van der Waals surface area contributed by atoms with E-state index < -0.39 is 0 Å². The molecule has 1 atom stereocenters. The summed E-state index contributed by atoms with van der Waals surface area (Å²) < 4.78 is 11.0. The number of halogens is 1. The standard InChI is InChI=1S/C21H25ClN2O3/c1-3-27-20-17(22)13-16(14-19(20)26-2)21(25)24-12-6-4-5-7-18(24)15-8-10-23-11-9-15/h8-11,13-14,18H,3-7,12H2,1-2H3/t18-/m0/s1. The molecule has 1 saturated heterocycles. The minimum Gasteiger partial charge on any atom is -0.493 e. The molecule has 2 aromatic rings. The maximum Gasteiger partial charge on any atom is 0.254 e. The Labute approximate surface area is 165 Å². The van der Waals surface area contributed by atoms with Gasteiger partial charge in [-0.1, -0.05) is 24.4 Å². The molecule has 1 aromatic carbocycles. The normalized spacial score (nSPS) is 17.3. The molecule has 2 heterocycles. The Morgan fingerprint density at radius 3 is 2.74 bits per heavy atom. The summed E-state index contributed by atoms with van der Waals surface area (Å²) in [7, 11) is 1.55. The van der Waals surface area contributed by atoms with Gasteiger partial charge in [-0.3, -0.25) is 9.78 Å². The Morgan fingerprint density at radius 1 is 1.26 bits per heavy atom. The number of pyridine rings is 1. The largest absolute Gasteiger partial charge is 0.493 e. The second-order valence-electron chi connectivity index (χ2n) is 6.57. The fourth-order valence-electron chi connectivity index (χ4n) is 3.58. The van der Waals surface area contributed by atoms with Crippen LogP contribution in [0.2, 0.25) is 5.02 Å². The summed E-state index contributed by atoms with van der Waals surface area (Å²) in [6, 6.07) is 7.41. The minimum absolute atomic E-state index is 0.0399. The summed E-state index contributed by atoms with van der Waals surface area (Å²) in [5, 5.41) is 0.384. The maximum absolute atomic E-state index is 13.4. The first-order valence-electron chi connectivity index (χ1n) is 9.37. The summed E-state index contributed by atoms with van der Waals surface area (Å²) >= 11 is 6.38. The van der Waals surface area contributed by atoms with E-state index in [1.54, 1.807) is 31.6 Å². The summed E-state index contributed by atoms with van der Waals surface area (Å²) in [5.41, 5.74) is 1.63. The number of ether oxygens (including phenoxy) is 2. The first-order valence-corrected chi connectivity index (χ1v) is 9.74. The number of benzene rings is 1. The van der Waals surface area contributed by atoms with Gasteiger partial charge in [0.2, 0.25) is 0 Å². The average molecular weight is 389 g/mol. The van der Waals surface area contributed by atoms with Crippen LogP contribution in [0.1, 0.15) is 54.6 Å². The number of hydrogen-bond acceptors (Lipinski definition) is 4. The van der Waals surface area contributed by atoms with Crippen molar-refractivity contribution < 1.29 is 14.3 Å². The van der Waals surface area contributed by atoms with Gasteiger partial charge in [0.05, 0.1) is 24.8 Å². The number of likely N-dealkylation sites (tertiary alicyclic amines) is 1. The van der Waals surface area contributed by atoms with Gasteiger partial charge in [-0.05, 0) is 49.6 Å². The second-order valence-corrected chi connectivity index (χ2v) is 6.97. The van der Waals surface area contributed by atoms with Crippen LogP contribution in [0.4, 0.5) is 0 Å². The van der Waals surface area contributed by atoms with Crippen molar-refractivity contribution in [1.82, 2.24) is 9.88 Å². The van der Waals surface area contributed by atoms with Crippen LogP contribution < -0.4 is 9.47 Å². The maximum atomic E-state index is 13.4. The van der Waals surface area contributed by atoms with Crippen molar-refractivity contribution in [2.24, 2.45) is 0 Å². The second kappa shape index (κ2) is 9.09. The molecule has 6 heteroatoms. The zero-order valence-corrected chi connectivity index (χ0v) is 16.5. The van der Waals surface area contributed by atoms with Gasteiger partial charge in [-0.2, -0.15) is 0 Å². The zero-order valence-electron chi connectivity index (χ0n) is 15.8. The van der Waals surface area contributed by atoms with Crippen molar-refractivity contribution in [3.05, 3.63) is 52.8 Å². The predicted molar refractivity (Wildman–Crippen MR) is 106 cm³/mol. The van der Waals surface area contributed by atoms with E-state index in [2.05, 4.69) is 4.98 Å². The number of aromatic nitrogens is 1. The SMILES string of the molecule is CCOc1c(Cl)cc(C(=O)N2CCCCC[C@H]2c2ccncc2)cc1OC. The van der Waals surface area contributed by atoms with Crippen LogP contribution in [0.5, 0.6) is 11.5 Å². The molecule has 1 fully saturated rings. The fourth-order valence-corrected chi connectivity index (χ4v) is 3.84. The van der Waals surface area contributed by atoms with Crippen LogP contribution in [-0.2, 0) is 0 Å². The summed E-state index contributed by atoms with van der Waals surface area (Å²) in [4.78, 5) is 19.4. The van der Waals surface area contributed by atoms with Gasteiger partial charge >= 0.3 is 0 Å². The number of carbonyl (C=O) groups is 1.